The molecular weight excluding hydrogens is 283 g/mol. The lowest BCUT2D eigenvalue weighted by atomic mass is 10.1. The van der Waals surface area contributed by atoms with E-state index in [-0.39, 0.29) is 12.3 Å². The second-order valence-corrected chi connectivity index (χ2v) is 5.00. The number of carbonyl (C=O) groups excluding carboxylic acids is 2. The number of anilines is 1. The Morgan fingerprint density at radius 1 is 1.05 bits per heavy atom. The van der Waals surface area contributed by atoms with Crippen LogP contribution in [0.25, 0.3) is 0 Å². The van der Waals surface area contributed by atoms with Crippen LogP contribution in [0, 0.1) is 12.7 Å². The molecule has 2 N–H and O–H groups in total. The zero-order valence-electron chi connectivity index (χ0n) is 12.2. The van der Waals surface area contributed by atoms with Crippen molar-refractivity contribution in [3.63, 3.8) is 0 Å². The third kappa shape index (κ3) is 5.01. The fourth-order valence-electron chi connectivity index (χ4n) is 1.89. The number of aryl methyl sites for hydroxylation is 1. The first-order valence-corrected chi connectivity index (χ1v) is 6.90. The first-order chi connectivity index (χ1) is 10.5. The van der Waals surface area contributed by atoms with Gasteiger partial charge in [0.1, 0.15) is 12.2 Å². The predicted molar refractivity (Wildman–Crippen MR) is 82.7 cm³/mol. The minimum Gasteiger partial charge on any atom is -0.352 e. The third-order valence-corrected chi connectivity index (χ3v) is 3.04. The Labute approximate surface area is 128 Å². The summed E-state index contributed by atoms with van der Waals surface area (Å²) in [5, 5.41) is 5.15. The molecule has 0 aliphatic carbocycles. The molecule has 5 heteroatoms. The third-order valence-electron chi connectivity index (χ3n) is 3.04. The van der Waals surface area contributed by atoms with Gasteiger partial charge >= 0.3 is 0 Å². The van der Waals surface area contributed by atoms with Gasteiger partial charge in [0.15, 0.2) is 0 Å². The van der Waals surface area contributed by atoms with Crippen molar-refractivity contribution in [3.05, 3.63) is 65.5 Å². The number of nitrogens with one attached hydrogen (secondary N) is 2. The maximum Gasteiger partial charge on any atom is 0.233 e. The Balaban J connectivity index is 1.79. The lowest BCUT2D eigenvalue weighted by molar-refractivity contribution is -0.126. The predicted octanol–water partition coefficient (Wildman–Crippen LogP) is 2.78. The van der Waals surface area contributed by atoms with Crippen LogP contribution in [0.1, 0.15) is 17.5 Å². The van der Waals surface area contributed by atoms with Gasteiger partial charge in [0, 0.05) is 12.2 Å². The minimum absolute atomic E-state index is 0.303. The zero-order valence-corrected chi connectivity index (χ0v) is 12.2. The average molecular weight is 300 g/mol. The van der Waals surface area contributed by atoms with Crippen LogP contribution >= 0.6 is 0 Å². The Morgan fingerprint density at radius 2 is 1.77 bits per heavy atom. The first-order valence-electron chi connectivity index (χ1n) is 6.90. The maximum absolute atomic E-state index is 13.0. The molecule has 2 rings (SSSR count). The van der Waals surface area contributed by atoms with Crippen molar-refractivity contribution in [2.24, 2.45) is 0 Å². The van der Waals surface area contributed by atoms with Crippen LogP contribution in [0.4, 0.5) is 10.1 Å². The molecule has 0 radical (unpaired) electrons. The van der Waals surface area contributed by atoms with Crippen molar-refractivity contribution in [2.75, 3.05) is 5.32 Å². The van der Waals surface area contributed by atoms with Gasteiger partial charge in [-0.05, 0) is 30.7 Å². The molecule has 2 aromatic rings. The largest absolute Gasteiger partial charge is 0.352 e. The molecule has 22 heavy (non-hydrogen) atoms. The van der Waals surface area contributed by atoms with Crippen LogP contribution in [-0.2, 0) is 16.1 Å². The van der Waals surface area contributed by atoms with Gasteiger partial charge in [0.25, 0.3) is 0 Å². The Hall–Kier alpha value is -2.69. The van der Waals surface area contributed by atoms with Crippen molar-refractivity contribution < 1.29 is 14.0 Å². The fourth-order valence-corrected chi connectivity index (χ4v) is 1.89. The molecular formula is C17H17FN2O2. The SMILES string of the molecule is Cc1ccc(CNC(=O)CC(=O)Nc2cccc(F)c2)cc1. The van der Waals surface area contributed by atoms with E-state index in [1.165, 1.54) is 18.2 Å². The summed E-state index contributed by atoms with van der Waals surface area (Å²) in [6.45, 7) is 2.35. The number of carbonyl (C=O) groups is 2. The lowest BCUT2D eigenvalue weighted by Gasteiger charge is -2.07. The summed E-state index contributed by atoms with van der Waals surface area (Å²) in [7, 11) is 0. The molecule has 4 nitrogen and oxygen atoms in total. The van der Waals surface area contributed by atoms with Gasteiger partial charge < -0.3 is 10.6 Å². The second-order valence-electron chi connectivity index (χ2n) is 5.00. The van der Waals surface area contributed by atoms with Crippen LogP contribution in [0.5, 0.6) is 0 Å². The van der Waals surface area contributed by atoms with Crippen molar-refractivity contribution >= 4 is 17.5 Å². The number of hydrogen-bond donors (Lipinski definition) is 2. The summed E-state index contributed by atoms with van der Waals surface area (Å²) < 4.78 is 13.0. The van der Waals surface area contributed by atoms with Crippen molar-refractivity contribution in [2.45, 2.75) is 19.9 Å². The Bertz CT molecular complexity index is 669. The molecule has 0 aliphatic rings. The van der Waals surface area contributed by atoms with Crippen LogP contribution in [0.15, 0.2) is 48.5 Å². The van der Waals surface area contributed by atoms with Gasteiger partial charge in [-0.25, -0.2) is 4.39 Å². The fraction of sp³-hybridized carbons (Fsp3) is 0.176. The molecule has 0 aliphatic heterocycles. The highest BCUT2D eigenvalue weighted by Gasteiger charge is 2.09. The highest BCUT2D eigenvalue weighted by atomic mass is 19.1. The molecule has 0 spiro atoms. The van der Waals surface area contributed by atoms with Crippen molar-refractivity contribution in [1.82, 2.24) is 5.32 Å². The summed E-state index contributed by atoms with van der Waals surface area (Å²) in [6.07, 6.45) is -0.303. The summed E-state index contributed by atoms with van der Waals surface area (Å²) in [6, 6.07) is 13.3. The number of amides is 2. The van der Waals surface area contributed by atoms with E-state index < -0.39 is 11.7 Å². The monoisotopic (exact) mass is 300 g/mol. The molecule has 114 valence electrons. The summed E-state index contributed by atoms with van der Waals surface area (Å²) in [5.41, 5.74) is 2.44. The van der Waals surface area contributed by atoms with Crippen molar-refractivity contribution in [1.29, 1.82) is 0 Å². The van der Waals surface area contributed by atoms with Crippen LogP contribution in [0.3, 0.4) is 0 Å². The van der Waals surface area contributed by atoms with E-state index in [4.69, 9.17) is 0 Å². The number of halogens is 1. The normalized spacial score (nSPS) is 10.1. The minimum atomic E-state index is -0.480. The average Bonchev–Trinajstić information content (AvgIpc) is 2.46. The number of rotatable bonds is 5. The van der Waals surface area contributed by atoms with E-state index in [1.807, 2.05) is 31.2 Å². The van der Waals surface area contributed by atoms with E-state index in [0.717, 1.165) is 11.1 Å². The summed E-state index contributed by atoms with van der Waals surface area (Å²) in [5.74, 6) is -1.30. The molecule has 0 bridgehead atoms. The van der Waals surface area contributed by atoms with Gasteiger partial charge in [-0.3, -0.25) is 9.59 Å². The highest BCUT2D eigenvalue weighted by Crippen LogP contribution is 2.09. The standard InChI is InChI=1S/C17H17FN2O2/c1-12-5-7-13(8-6-12)11-19-16(21)10-17(22)20-15-4-2-3-14(18)9-15/h2-9H,10-11H2,1H3,(H,19,21)(H,20,22). The smallest absolute Gasteiger partial charge is 0.233 e. The Morgan fingerprint density at radius 3 is 2.45 bits per heavy atom. The molecule has 0 unspecified atom stereocenters. The number of benzene rings is 2. The molecule has 0 saturated heterocycles. The van der Waals surface area contributed by atoms with Crippen LogP contribution in [-0.4, -0.2) is 11.8 Å². The van der Waals surface area contributed by atoms with Crippen molar-refractivity contribution in [3.8, 4) is 0 Å². The zero-order chi connectivity index (χ0) is 15.9. The molecule has 0 saturated carbocycles. The molecule has 0 fully saturated rings. The van der Waals surface area contributed by atoms with E-state index in [9.17, 15) is 14.0 Å². The molecule has 0 aromatic heterocycles. The van der Waals surface area contributed by atoms with Gasteiger partial charge in [-0.2, -0.15) is 0 Å². The van der Waals surface area contributed by atoms with E-state index in [2.05, 4.69) is 10.6 Å². The van der Waals surface area contributed by atoms with E-state index in [0.29, 0.717) is 12.2 Å². The van der Waals surface area contributed by atoms with E-state index in [1.54, 1.807) is 6.07 Å². The molecule has 0 atom stereocenters. The molecule has 2 aromatic carbocycles. The number of hydrogen-bond acceptors (Lipinski definition) is 2. The van der Waals surface area contributed by atoms with Gasteiger partial charge in [-0.1, -0.05) is 35.9 Å². The highest BCUT2D eigenvalue weighted by molar-refractivity contribution is 6.03. The van der Waals surface area contributed by atoms with Gasteiger partial charge in [0.2, 0.25) is 11.8 Å². The van der Waals surface area contributed by atoms with Crippen LogP contribution < -0.4 is 10.6 Å². The Kier molecular flexibility index (Phi) is 5.25. The quantitative estimate of drug-likeness (QED) is 0.834. The summed E-state index contributed by atoms with van der Waals surface area (Å²) >= 11 is 0. The van der Waals surface area contributed by atoms with Gasteiger partial charge in [0.05, 0.1) is 0 Å². The van der Waals surface area contributed by atoms with Crippen LogP contribution in [0.2, 0.25) is 0 Å². The van der Waals surface area contributed by atoms with E-state index >= 15 is 0 Å². The summed E-state index contributed by atoms with van der Waals surface area (Å²) in [4.78, 5) is 23.4. The molecule has 0 heterocycles. The topological polar surface area (TPSA) is 58.2 Å². The maximum atomic E-state index is 13.0. The van der Waals surface area contributed by atoms with Gasteiger partial charge in [-0.15, -0.1) is 0 Å². The first kappa shape index (κ1) is 15.7. The molecule has 2 amide bonds. The second kappa shape index (κ2) is 7.36. The lowest BCUT2D eigenvalue weighted by Crippen LogP contribution is -2.27.